The molecule has 0 aliphatic carbocycles. The predicted octanol–water partition coefficient (Wildman–Crippen LogP) is 5.10. The highest BCUT2D eigenvalue weighted by Crippen LogP contribution is 2.20. The summed E-state index contributed by atoms with van der Waals surface area (Å²) in [4.78, 5) is 13.0. The SMILES string of the molecule is O=C(Nc1ccn(Cc2ccccc2F)n1)c1cc(COc2cccc(F)c2)cs1. The standard InChI is InChI=1S/C22H17F2N3O2S/c23-17-5-3-6-18(11-17)29-13-15-10-20(30-14-15)22(28)25-21-8-9-27(26-21)12-16-4-1-2-7-19(16)24/h1-11,14H,12-13H2,(H,25,26,28). The van der Waals surface area contributed by atoms with Crippen molar-refractivity contribution >= 4 is 23.1 Å². The van der Waals surface area contributed by atoms with Crippen molar-refractivity contribution in [3.63, 3.8) is 0 Å². The van der Waals surface area contributed by atoms with E-state index in [2.05, 4.69) is 10.4 Å². The molecular weight excluding hydrogens is 408 g/mol. The molecule has 0 spiro atoms. The number of aromatic nitrogens is 2. The van der Waals surface area contributed by atoms with E-state index in [9.17, 15) is 13.6 Å². The Bertz CT molecular complexity index is 1170. The maximum Gasteiger partial charge on any atom is 0.266 e. The van der Waals surface area contributed by atoms with Gasteiger partial charge >= 0.3 is 0 Å². The predicted molar refractivity (Wildman–Crippen MR) is 111 cm³/mol. The third-order valence-electron chi connectivity index (χ3n) is 4.25. The molecule has 2 heterocycles. The van der Waals surface area contributed by atoms with Crippen molar-refractivity contribution in [1.29, 1.82) is 0 Å². The molecular formula is C22H17F2N3O2S. The van der Waals surface area contributed by atoms with Gasteiger partial charge < -0.3 is 10.1 Å². The zero-order chi connectivity index (χ0) is 20.9. The van der Waals surface area contributed by atoms with E-state index in [1.54, 1.807) is 53.3 Å². The monoisotopic (exact) mass is 425 g/mol. The van der Waals surface area contributed by atoms with Crippen LogP contribution in [0, 0.1) is 11.6 Å². The molecule has 0 saturated carbocycles. The molecule has 8 heteroatoms. The van der Waals surface area contributed by atoms with Crippen LogP contribution in [0.25, 0.3) is 0 Å². The topological polar surface area (TPSA) is 56.2 Å². The van der Waals surface area contributed by atoms with Crippen LogP contribution < -0.4 is 10.1 Å². The second-order valence-corrected chi connectivity index (χ2v) is 7.42. The molecule has 0 unspecified atom stereocenters. The first-order valence-corrected chi connectivity index (χ1v) is 9.99. The Balaban J connectivity index is 1.34. The number of hydrogen-bond donors (Lipinski definition) is 1. The number of nitrogens with zero attached hydrogens (tertiary/aromatic N) is 2. The third kappa shape index (κ3) is 4.90. The quantitative estimate of drug-likeness (QED) is 0.448. The van der Waals surface area contributed by atoms with E-state index in [-0.39, 0.29) is 30.7 Å². The van der Waals surface area contributed by atoms with Crippen molar-refractivity contribution in [2.45, 2.75) is 13.2 Å². The lowest BCUT2D eigenvalue weighted by Gasteiger charge is -2.04. The number of amides is 1. The van der Waals surface area contributed by atoms with E-state index < -0.39 is 0 Å². The van der Waals surface area contributed by atoms with Crippen LogP contribution in [0.1, 0.15) is 20.8 Å². The summed E-state index contributed by atoms with van der Waals surface area (Å²) in [6.45, 7) is 0.494. The summed E-state index contributed by atoms with van der Waals surface area (Å²) >= 11 is 1.28. The number of halogens is 2. The Morgan fingerprint density at radius 1 is 1.10 bits per heavy atom. The van der Waals surface area contributed by atoms with Crippen LogP contribution in [-0.4, -0.2) is 15.7 Å². The van der Waals surface area contributed by atoms with Gasteiger partial charge in [-0.3, -0.25) is 9.48 Å². The molecule has 4 aromatic rings. The number of thiophene rings is 1. The number of ether oxygens (including phenoxy) is 1. The summed E-state index contributed by atoms with van der Waals surface area (Å²) in [5.41, 5.74) is 1.32. The molecule has 152 valence electrons. The van der Waals surface area contributed by atoms with E-state index in [1.807, 2.05) is 5.38 Å². The number of anilines is 1. The molecule has 0 radical (unpaired) electrons. The fourth-order valence-corrected chi connectivity index (χ4v) is 3.58. The molecule has 0 bridgehead atoms. The fourth-order valence-electron chi connectivity index (χ4n) is 2.79. The summed E-state index contributed by atoms with van der Waals surface area (Å²) in [6, 6.07) is 15.7. The van der Waals surface area contributed by atoms with Gasteiger partial charge in [-0.1, -0.05) is 24.3 Å². The van der Waals surface area contributed by atoms with Crippen molar-refractivity contribution in [1.82, 2.24) is 9.78 Å². The molecule has 2 aromatic heterocycles. The Morgan fingerprint density at radius 3 is 2.80 bits per heavy atom. The zero-order valence-electron chi connectivity index (χ0n) is 15.7. The lowest BCUT2D eigenvalue weighted by Crippen LogP contribution is -2.11. The van der Waals surface area contributed by atoms with Crippen LogP contribution in [0.5, 0.6) is 5.75 Å². The van der Waals surface area contributed by atoms with Gasteiger partial charge in [-0.15, -0.1) is 11.3 Å². The van der Waals surface area contributed by atoms with Crippen molar-refractivity contribution in [2.24, 2.45) is 0 Å². The molecule has 2 aromatic carbocycles. The van der Waals surface area contributed by atoms with E-state index in [1.165, 1.54) is 29.5 Å². The Morgan fingerprint density at radius 2 is 1.97 bits per heavy atom. The average molecular weight is 425 g/mol. The van der Waals surface area contributed by atoms with Gasteiger partial charge in [-0.25, -0.2) is 8.78 Å². The zero-order valence-corrected chi connectivity index (χ0v) is 16.5. The number of carbonyl (C=O) groups is 1. The summed E-state index contributed by atoms with van der Waals surface area (Å²) < 4.78 is 34.1. The van der Waals surface area contributed by atoms with Crippen LogP contribution in [0.15, 0.2) is 72.2 Å². The highest BCUT2D eigenvalue weighted by atomic mass is 32.1. The van der Waals surface area contributed by atoms with Crippen molar-refractivity contribution < 1.29 is 18.3 Å². The molecule has 1 amide bonds. The summed E-state index contributed by atoms with van der Waals surface area (Å²) in [7, 11) is 0. The van der Waals surface area contributed by atoms with Gasteiger partial charge in [0.25, 0.3) is 5.91 Å². The minimum absolute atomic E-state index is 0.227. The van der Waals surface area contributed by atoms with E-state index >= 15 is 0 Å². The van der Waals surface area contributed by atoms with Gasteiger partial charge in [-0.05, 0) is 29.6 Å². The molecule has 5 nitrogen and oxygen atoms in total. The maximum absolute atomic E-state index is 13.8. The summed E-state index contributed by atoms with van der Waals surface area (Å²) in [6.07, 6.45) is 1.68. The first-order valence-electron chi connectivity index (χ1n) is 9.11. The third-order valence-corrected chi connectivity index (χ3v) is 5.23. The second-order valence-electron chi connectivity index (χ2n) is 6.51. The lowest BCUT2D eigenvalue weighted by molar-refractivity contribution is 0.103. The minimum atomic E-state index is -0.368. The molecule has 0 atom stereocenters. The molecule has 1 N–H and O–H groups in total. The number of rotatable bonds is 7. The van der Waals surface area contributed by atoms with E-state index in [0.717, 1.165) is 5.56 Å². The fraction of sp³-hybridized carbons (Fsp3) is 0.0909. The molecule has 0 aliphatic heterocycles. The highest BCUT2D eigenvalue weighted by molar-refractivity contribution is 7.12. The molecule has 0 saturated heterocycles. The van der Waals surface area contributed by atoms with Crippen LogP contribution in [0.3, 0.4) is 0 Å². The minimum Gasteiger partial charge on any atom is -0.489 e. The molecule has 0 fully saturated rings. The first-order chi connectivity index (χ1) is 14.6. The Hall–Kier alpha value is -3.52. The smallest absolute Gasteiger partial charge is 0.266 e. The van der Waals surface area contributed by atoms with E-state index in [4.69, 9.17) is 4.74 Å². The number of benzene rings is 2. The van der Waals surface area contributed by atoms with Crippen molar-refractivity contribution in [3.8, 4) is 5.75 Å². The molecule has 0 aliphatic rings. The first kappa shape index (κ1) is 19.8. The Kier molecular flexibility index (Phi) is 5.85. The van der Waals surface area contributed by atoms with Crippen LogP contribution >= 0.6 is 11.3 Å². The Labute approximate surface area is 175 Å². The summed E-state index contributed by atoms with van der Waals surface area (Å²) in [5.74, 6) is -0.166. The number of carbonyl (C=O) groups excluding carboxylic acids is 1. The maximum atomic E-state index is 13.8. The summed E-state index contributed by atoms with van der Waals surface area (Å²) in [5, 5.41) is 8.81. The largest absolute Gasteiger partial charge is 0.489 e. The van der Waals surface area contributed by atoms with Crippen LogP contribution in [0.4, 0.5) is 14.6 Å². The normalized spacial score (nSPS) is 10.7. The van der Waals surface area contributed by atoms with Crippen LogP contribution in [0.2, 0.25) is 0 Å². The van der Waals surface area contributed by atoms with Gasteiger partial charge in [0.2, 0.25) is 0 Å². The van der Waals surface area contributed by atoms with Gasteiger partial charge in [0, 0.05) is 29.5 Å². The van der Waals surface area contributed by atoms with Gasteiger partial charge in [-0.2, -0.15) is 5.10 Å². The average Bonchev–Trinajstić information content (AvgIpc) is 3.38. The van der Waals surface area contributed by atoms with Crippen LogP contribution in [-0.2, 0) is 13.2 Å². The van der Waals surface area contributed by atoms with Crippen molar-refractivity contribution in [2.75, 3.05) is 5.32 Å². The highest BCUT2D eigenvalue weighted by Gasteiger charge is 2.12. The second kappa shape index (κ2) is 8.87. The van der Waals surface area contributed by atoms with E-state index in [0.29, 0.717) is 22.0 Å². The van der Waals surface area contributed by atoms with Gasteiger partial charge in [0.1, 0.15) is 24.0 Å². The molecule has 4 rings (SSSR count). The van der Waals surface area contributed by atoms with Gasteiger partial charge in [0.05, 0.1) is 11.4 Å². The number of hydrogen-bond acceptors (Lipinski definition) is 4. The molecule has 30 heavy (non-hydrogen) atoms. The van der Waals surface area contributed by atoms with Gasteiger partial charge in [0.15, 0.2) is 5.82 Å². The number of nitrogens with one attached hydrogen (secondary N) is 1. The lowest BCUT2D eigenvalue weighted by atomic mass is 10.2. The van der Waals surface area contributed by atoms with Crippen molar-refractivity contribution in [3.05, 3.63) is 99.9 Å².